The summed E-state index contributed by atoms with van der Waals surface area (Å²) in [6, 6.07) is 5.85. The Morgan fingerprint density at radius 2 is 1.95 bits per heavy atom. The number of nitrogens with two attached hydrogens (primary N) is 1. The Hall–Kier alpha value is -0.880. The van der Waals surface area contributed by atoms with Gasteiger partial charge in [-0.25, -0.2) is 0 Å². The molecule has 0 aliphatic carbocycles. The van der Waals surface area contributed by atoms with Gasteiger partial charge in [-0.2, -0.15) is 0 Å². The molecule has 0 amide bonds. The van der Waals surface area contributed by atoms with Crippen LogP contribution in [0.4, 0.5) is 5.69 Å². The minimum absolute atomic E-state index is 0.366. The van der Waals surface area contributed by atoms with Crippen LogP contribution in [0.5, 0.6) is 0 Å². The summed E-state index contributed by atoms with van der Waals surface area (Å²) in [5, 5.41) is 0.634. The highest BCUT2D eigenvalue weighted by molar-refractivity contribution is 7.80. The molecule has 0 aromatic heterocycles. The van der Waals surface area contributed by atoms with Crippen LogP contribution in [-0.2, 0) is 0 Å². The topological polar surface area (TPSA) is 35.7 Å². The van der Waals surface area contributed by atoms with Crippen LogP contribution in [-0.4, -0.2) is 68.2 Å². The molecule has 2 rings (SSSR count). The molecule has 1 heterocycles. The molecule has 1 saturated heterocycles. The fourth-order valence-electron chi connectivity index (χ4n) is 2.57. The van der Waals surface area contributed by atoms with E-state index in [1.54, 1.807) is 0 Å². The molecule has 4 nitrogen and oxygen atoms in total. The maximum Gasteiger partial charge on any atom is 0.107 e. The third-order valence-corrected chi connectivity index (χ3v) is 4.33. The lowest BCUT2D eigenvalue weighted by Crippen LogP contribution is -2.48. The molecular formula is C15H23ClN4S. The van der Waals surface area contributed by atoms with E-state index in [1.807, 2.05) is 12.1 Å². The quantitative estimate of drug-likeness (QED) is 0.833. The molecule has 6 heteroatoms. The van der Waals surface area contributed by atoms with Crippen LogP contribution in [0.15, 0.2) is 18.2 Å². The second-order valence-electron chi connectivity index (χ2n) is 5.63. The first kappa shape index (κ1) is 16.5. The highest BCUT2D eigenvalue weighted by atomic mass is 35.5. The minimum atomic E-state index is 0.366. The number of anilines is 1. The van der Waals surface area contributed by atoms with Gasteiger partial charge < -0.3 is 15.5 Å². The maximum absolute atomic E-state index is 6.25. The lowest BCUT2D eigenvalue weighted by molar-refractivity contribution is 0.229. The number of nitrogens with zero attached hydrogens (tertiary/aromatic N) is 3. The van der Waals surface area contributed by atoms with Crippen LogP contribution < -0.4 is 10.6 Å². The van der Waals surface area contributed by atoms with Gasteiger partial charge in [-0.15, -0.1) is 0 Å². The minimum Gasteiger partial charge on any atom is -0.389 e. The molecule has 1 aliphatic rings. The Morgan fingerprint density at radius 3 is 2.52 bits per heavy atom. The van der Waals surface area contributed by atoms with Gasteiger partial charge in [0.25, 0.3) is 0 Å². The Kier molecular flexibility index (Phi) is 5.81. The van der Waals surface area contributed by atoms with Gasteiger partial charge in [-0.3, -0.25) is 4.90 Å². The lowest BCUT2D eigenvalue weighted by Gasteiger charge is -2.37. The van der Waals surface area contributed by atoms with Crippen molar-refractivity contribution in [1.82, 2.24) is 9.80 Å². The van der Waals surface area contributed by atoms with Crippen molar-refractivity contribution < 1.29 is 0 Å². The van der Waals surface area contributed by atoms with Crippen LogP contribution in [0.2, 0.25) is 5.02 Å². The summed E-state index contributed by atoms with van der Waals surface area (Å²) >= 11 is 11.4. The molecule has 0 bridgehead atoms. The second-order valence-corrected chi connectivity index (χ2v) is 6.48. The standard InChI is InChI=1S/C15H23ClN4S/c1-18(2)6-7-19-8-10-20(11-9-19)13-5-3-4-12(16)14(13)15(17)21/h3-5H,6-11H2,1-2H3,(H2,17,21). The molecular weight excluding hydrogens is 304 g/mol. The van der Waals surface area contributed by atoms with Gasteiger partial charge in [0.15, 0.2) is 0 Å². The number of hydrogen-bond acceptors (Lipinski definition) is 4. The Bertz CT molecular complexity index is 498. The number of thiocarbonyl (C=S) groups is 1. The zero-order valence-corrected chi connectivity index (χ0v) is 14.3. The van der Waals surface area contributed by atoms with Crippen LogP contribution in [0, 0.1) is 0 Å². The zero-order chi connectivity index (χ0) is 15.4. The van der Waals surface area contributed by atoms with E-state index in [2.05, 4.69) is 34.9 Å². The number of hydrogen-bond donors (Lipinski definition) is 1. The summed E-state index contributed by atoms with van der Waals surface area (Å²) < 4.78 is 0. The van der Waals surface area contributed by atoms with Gasteiger partial charge in [0.1, 0.15) is 4.99 Å². The van der Waals surface area contributed by atoms with E-state index in [-0.39, 0.29) is 0 Å². The Morgan fingerprint density at radius 1 is 1.29 bits per heavy atom. The Labute approximate surface area is 137 Å². The van der Waals surface area contributed by atoms with E-state index in [1.165, 1.54) is 0 Å². The molecule has 0 atom stereocenters. The summed E-state index contributed by atoms with van der Waals surface area (Å²) in [6.07, 6.45) is 0. The molecule has 2 N–H and O–H groups in total. The highest BCUT2D eigenvalue weighted by Gasteiger charge is 2.21. The molecule has 0 saturated carbocycles. The molecule has 0 radical (unpaired) electrons. The van der Waals surface area contributed by atoms with E-state index < -0.39 is 0 Å². The summed E-state index contributed by atoms with van der Waals surface area (Å²) in [5.41, 5.74) is 7.69. The SMILES string of the molecule is CN(C)CCN1CCN(c2cccc(Cl)c2C(N)=S)CC1. The molecule has 1 aromatic carbocycles. The lowest BCUT2D eigenvalue weighted by atomic mass is 10.1. The second kappa shape index (κ2) is 7.40. The van der Waals surface area contributed by atoms with Crippen LogP contribution >= 0.6 is 23.8 Å². The fraction of sp³-hybridized carbons (Fsp3) is 0.533. The number of likely N-dealkylation sites (N-methyl/N-ethyl adjacent to an activating group) is 1. The smallest absolute Gasteiger partial charge is 0.107 e. The average molecular weight is 327 g/mol. The van der Waals surface area contributed by atoms with Gasteiger partial charge in [-0.05, 0) is 26.2 Å². The van der Waals surface area contributed by atoms with Crippen molar-refractivity contribution in [3.05, 3.63) is 28.8 Å². The molecule has 21 heavy (non-hydrogen) atoms. The largest absolute Gasteiger partial charge is 0.389 e. The predicted molar refractivity (Wildman–Crippen MR) is 94.5 cm³/mol. The summed E-state index contributed by atoms with van der Waals surface area (Å²) in [7, 11) is 4.22. The molecule has 1 aliphatic heterocycles. The van der Waals surface area contributed by atoms with Crippen LogP contribution in [0.1, 0.15) is 5.56 Å². The van der Waals surface area contributed by atoms with E-state index in [9.17, 15) is 0 Å². The van der Waals surface area contributed by atoms with E-state index >= 15 is 0 Å². The van der Waals surface area contributed by atoms with Crippen molar-refractivity contribution in [2.45, 2.75) is 0 Å². The van der Waals surface area contributed by atoms with E-state index in [4.69, 9.17) is 29.6 Å². The third kappa shape index (κ3) is 4.30. The molecule has 0 unspecified atom stereocenters. The van der Waals surface area contributed by atoms with Crippen LogP contribution in [0.25, 0.3) is 0 Å². The molecule has 1 fully saturated rings. The van der Waals surface area contributed by atoms with Crippen LogP contribution in [0.3, 0.4) is 0 Å². The summed E-state index contributed by atoms with van der Waals surface area (Å²) in [5.74, 6) is 0. The van der Waals surface area contributed by atoms with E-state index in [0.29, 0.717) is 10.0 Å². The first-order valence-corrected chi connectivity index (χ1v) is 7.98. The summed E-state index contributed by atoms with van der Waals surface area (Å²) in [6.45, 7) is 6.26. The first-order chi connectivity index (χ1) is 9.99. The third-order valence-electron chi connectivity index (χ3n) is 3.81. The van der Waals surface area contributed by atoms with Gasteiger partial charge in [0.2, 0.25) is 0 Å². The Balaban J connectivity index is 2.03. The maximum atomic E-state index is 6.25. The number of rotatable bonds is 5. The van der Waals surface area contributed by atoms with Crippen molar-refractivity contribution in [3.8, 4) is 0 Å². The average Bonchev–Trinajstić information content (AvgIpc) is 2.45. The van der Waals surface area contributed by atoms with Crippen molar-refractivity contribution in [3.63, 3.8) is 0 Å². The predicted octanol–water partition coefficient (Wildman–Crippen LogP) is 1.66. The monoisotopic (exact) mass is 326 g/mol. The fourth-order valence-corrected chi connectivity index (χ4v) is 3.12. The molecule has 1 aromatic rings. The molecule has 0 spiro atoms. The number of benzene rings is 1. The zero-order valence-electron chi connectivity index (χ0n) is 12.7. The van der Waals surface area contributed by atoms with Gasteiger partial charge >= 0.3 is 0 Å². The van der Waals surface area contributed by atoms with Crippen molar-refractivity contribution in [2.24, 2.45) is 5.73 Å². The normalized spacial score (nSPS) is 16.5. The van der Waals surface area contributed by atoms with Crippen molar-refractivity contribution in [2.75, 3.05) is 58.3 Å². The van der Waals surface area contributed by atoms with Gasteiger partial charge in [0, 0.05) is 45.0 Å². The molecule has 116 valence electrons. The van der Waals surface area contributed by atoms with E-state index in [0.717, 1.165) is 50.5 Å². The summed E-state index contributed by atoms with van der Waals surface area (Å²) in [4.78, 5) is 7.40. The highest BCUT2D eigenvalue weighted by Crippen LogP contribution is 2.28. The van der Waals surface area contributed by atoms with Gasteiger partial charge in [-0.1, -0.05) is 29.9 Å². The van der Waals surface area contributed by atoms with Crippen molar-refractivity contribution in [1.29, 1.82) is 0 Å². The van der Waals surface area contributed by atoms with Gasteiger partial charge in [0.05, 0.1) is 10.6 Å². The number of halogens is 1. The number of piperazine rings is 1. The first-order valence-electron chi connectivity index (χ1n) is 7.19. The van der Waals surface area contributed by atoms with Crippen molar-refractivity contribution >= 4 is 34.5 Å².